The number of aliphatic hydroxyl groups excluding tert-OH is 1. The Bertz CT molecular complexity index is 177. The number of aliphatic hydroxyl groups is 1. The van der Waals surface area contributed by atoms with Gasteiger partial charge in [0.25, 0.3) is 0 Å². The quantitative estimate of drug-likeness (QED) is 0.737. The predicted octanol–water partition coefficient (Wildman–Crippen LogP) is 2.54. The minimum Gasteiger partial charge on any atom is -0.396 e. The predicted molar refractivity (Wildman–Crippen MR) is 57.1 cm³/mol. The third-order valence-corrected chi connectivity index (χ3v) is 3.28. The first-order valence-electron chi connectivity index (χ1n) is 5.91. The van der Waals surface area contributed by atoms with Gasteiger partial charge in [0.05, 0.1) is 0 Å². The normalized spacial score (nSPS) is 28.0. The average molecular weight is 198 g/mol. The summed E-state index contributed by atoms with van der Waals surface area (Å²) in [7, 11) is 0. The zero-order chi connectivity index (χ0) is 10.4. The number of hydrogen-bond donors (Lipinski definition) is 1. The molecule has 82 valence electrons. The van der Waals surface area contributed by atoms with Gasteiger partial charge in [-0.15, -0.1) is 0 Å². The van der Waals surface area contributed by atoms with Crippen LogP contribution in [-0.4, -0.2) is 17.5 Å². The van der Waals surface area contributed by atoms with Gasteiger partial charge in [0.2, 0.25) is 0 Å². The number of Topliss-reactive ketones (excluding diaryl/α,β-unsaturated/α-hetero) is 1. The molecule has 1 saturated carbocycles. The highest BCUT2D eigenvalue weighted by molar-refractivity contribution is 5.81. The lowest BCUT2D eigenvalue weighted by Gasteiger charge is -2.27. The summed E-state index contributed by atoms with van der Waals surface area (Å²) in [5.74, 6) is 1.46. The lowest BCUT2D eigenvalue weighted by molar-refractivity contribution is -0.126. The van der Waals surface area contributed by atoms with Gasteiger partial charge < -0.3 is 5.11 Å². The van der Waals surface area contributed by atoms with E-state index < -0.39 is 0 Å². The molecule has 1 N–H and O–H groups in total. The molecule has 0 radical (unpaired) electrons. The number of carbonyl (C=O) groups excluding carboxylic acids is 1. The van der Waals surface area contributed by atoms with Crippen LogP contribution in [0, 0.1) is 11.8 Å². The number of ketones is 1. The summed E-state index contributed by atoms with van der Waals surface area (Å²) in [6.45, 7) is 2.43. The van der Waals surface area contributed by atoms with Crippen molar-refractivity contribution in [2.24, 2.45) is 11.8 Å². The Balaban J connectivity index is 2.34. The van der Waals surface area contributed by atoms with E-state index in [1.54, 1.807) is 0 Å². The lowest BCUT2D eigenvalue weighted by Crippen LogP contribution is -2.25. The molecule has 2 atom stereocenters. The molecule has 0 spiro atoms. The number of hydrogen-bond acceptors (Lipinski definition) is 2. The minimum absolute atomic E-state index is 0.224. The summed E-state index contributed by atoms with van der Waals surface area (Å²) in [6.07, 6.45) is 7.13. The molecular formula is C12H22O2. The molecule has 0 bridgehead atoms. The monoisotopic (exact) mass is 198 g/mol. The topological polar surface area (TPSA) is 37.3 Å². The van der Waals surface area contributed by atoms with E-state index in [0.717, 1.165) is 38.0 Å². The van der Waals surface area contributed by atoms with Crippen molar-refractivity contribution in [1.29, 1.82) is 0 Å². The fourth-order valence-corrected chi connectivity index (χ4v) is 2.49. The zero-order valence-electron chi connectivity index (χ0n) is 9.17. The van der Waals surface area contributed by atoms with Gasteiger partial charge in [0.1, 0.15) is 5.78 Å². The van der Waals surface area contributed by atoms with Crippen LogP contribution in [0.1, 0.15) is 51.9 Å². The van der Waals surface area contributed by atoms with Crippen molar-refractivity contribution in [3.8, 4) is 0 Å². The van der Waals surface area contributed by atoms with E-state index in [0.29, 0.717) is 5.78 Å². The van der Waals surface area contributed by atoms with Gasteiger partial charge >= 0.3 is 0 Å². The second-order valence-corrected chi connectivity index (χ2v) is 4.46. The molecule has 1 aliphatic rings. The molecule has 1 aliphatic carbocycles. The van der Waals surface area contributed by atoms with Gasteiger partial charge in [-0.2, -0.15) is 0 Å². The van der Waals surface area contributed by atoms with Gasteiger partial charge in [-0.1, -0.05) is 19.8 Å². The first kappa shape index (κ1) is 11.7. The Labute approximate surface area is 86.7 Å². The Morgan fingerprint density at radius 2 is 2.21 bits per heavy atom. The van der Waals surface area contributed by atoms with Crippen LogP contribution < -0.4 is 0 Å². The van der Waals surface area contributed by atoms with Crippen LogP contribution in [0.3, 0.4) is 0 Å². The summed E-state index contributed by atoms with van der Waals surface area (Å²) in [6, 6.07) is 0. The molecule has 0 aliphatic heterocycles. The number of rotatable bonds is 5. The van der Waals surface area contributed by atoms with E-state index >= 15 is 0 Å². The molecule has 14 heavy (non-hydrogen) atoms. The van der Waals surface area contributed by atoms with E-state index in [1.807, 2.05) is 0 Å². The van der Waals surface area contributed by atoms with Gasteiger partial charge in [-0.05, 0) is 31.6 Å². The Morgan fingerprint density at radius 3 is 2.86 bits per heavy atom. The summed E-state index contributed by atoms with van der Waals surface area (Å²) in [4.78, 5) is 11.6. The third kappa shape index (κ3) is 3.41. The molecule has 0 heterocycles. The highest BCUT2D eigenvalue weighted by atomic mass is 16.2. The molecule has 0 amide bonds. The molecule has 0 saturated heterocycles. The molecule has 0 aromatic rings. The van der Waals surface area contributed by atoms with Crippen molar-refractivity contribution in [3.05, 3.63) is 0 Å². The van der Waals surface area contributed by atoms with Crippen molar-refractivity contribution < 1.29 is 9.90 Å². The van der Waals surface area contributed by atoms with E-state index in [4.69, 9.17) is 5.11 Å². The van der Waals surface area contributed by atoms with Crippen molar-refractivity contribution in [1.82, 2.24) is 0 Å². The summed E-state index contributed by atoms with van der Waals surface area (Å²) in [5.41, 5.74) is 0. The van der Waals surface area contributed by atoms with E-state index in [9.17, 15) is 4.79 Å². The molecule has 0 aromatic carbocycles. The van der Waals surface area contributed by atoms with Crippen molar-refractivity contribution >= 4 is 5.78 Å². The Hall–Kier alpha value is -0.370. The first-order chi connectivity index (χ1) is 6.77. The lowest BCUT2D eigenvalue weighted by atomic mass is 9.77. The second kappa shape index (κ2) is 6.18. The minimum atomic E-state index is 0.224. The standard InChI is InChI=1S/C12H22O2/c1-2-4-10-6-7-12(14)11(9-10)5-3-8-13/h10-11,13H,2-9H2,1H3. The molecule has 1 fully saturated rings. The SMILES string of the molecule is CCCC1CCC(=O)C(CCCO)C1. The highest BCUT2D eigenvalue weighted by Gasteiger charge is 2.27. The van der Waals surface area contributed by atoms with E-state index in [2.05, 4.69) is 6.92 Å². The maximum atomic E-state index is 11.6. The third-order valence-electron chi connectivity index (χ3n) is 3.28. The highest BCUT2D eigenvalue weighted by Crippen LogP contribution is 2.31. The summed E-state index contributed by atoms with van der Waals surface area (Å²) < 4.78 is 0. The van der Waals surface area contributed by atoms with Gasteiger partial charge in [0.15, 0.2) is 0 Å². The Morgan fingerprint density at radius 1 is 1.43 bits per heavy atom. The average Bonchev–Trinajstić information content (AvgIpc) is 2.19. The molecule has 2 nitrogen and oxygen atoms in total. The first-order valence-corrected chi connectivity index (χ1v) is 5.91. The molecule has 2 heteroatoms. The van der Waals surface area contributed by atoms with Crippen LogP contribution in [-0.2, 0) is 4.79 Å². The fourth-order valence-electron chi connectivity index (χ4n) is 2.49. The maximum absolute atomic E-state index is 11.6. The van der Waals surface area contributed by atoms with Crippen molar-refractivity contribution in [3.63, 3.8) is 0 Å². The van der Waals surface area contributed by atoms with E-state index in [-0.39, 0.29) is 12.5 Å². The summed E-state index contributed by atoms with van der Waals surface area (Å²) >= 11 is 0. The van der Waals surface area contributed by atoms with E-state index in [1.165, 1.54) is 12.8 Å². The van der Waals surface area contributed by atoms with Gasteiger partial charge in [-0.3, -0.25) is 4.79 Å². The largest absolute Gasteiger partial charge is 0.396 e. The van der Waals surface area contributed by atoms with Crippen LogP contribution in [0.5, 0.6) is 0 Å². The molecule has 0 aromatic heterocycles. The fraction of sp³-hybridized carbons (Fsp3) is 0.917. The second-order valence-electron chi connectivity index (χ2n) is 4.46. The number of carbonyl (C=O) groups is 1. The zero-order valence-corrected chi connectivity index (χ0v) is 9.17. The van der Waals surface area contributed by atoms with Crippen LogP contribution >= 0.6 is 0 Å². The van der Waals surface area contributed by atoms with Crippen LogP contribution in [0.2, 0.25) is 0 Å². The maximum Gasteiger partial charge on any atom is 0.135 e. The van der Waals surface area contributed by atoms with Crippen molar-refractivity contribution in [2.75, 3.05) is 6.61 Å². The summed E-state index contributed by atoms with van der Waals surface area (Å²) in [5, 5.41) is 8.74. The van der Waals surface area contributed by atoms with Crippen LogP contribution in [0.15, 0.2) is 0 Å². The molecule has 1 rings (SSSR count). The molecule has 2 unspecified atom stereocenters. The van der Waals surface area contributed by atoms with Crippen LogP contribution in [0.25, 0.3) is 0 Å². The molecular weight excluding hydrogens is 176 g/mol. The Kier molecular flexibility index (Phi) is 5.16. The smallest absolute Gasteiger partial charge is 0.135 e. The van der Waals surface area contributed by atoms with Gasteiger partial charge in [-0.25, -0.2) is 0 Å². The van der Waals surface area contributed by atoms with Gasteiger partial charge in [0, 0.05) is 18.9 Å². The van der Waals surface area contributed by atoms with Crippen molar-refractivity contribution in [2.45, 2.75) is 51.9 Å². The van der Waals surface area contributed by atoms with Crippen LogP contribution in [0.4, 0.5) is 0 Å².